The number of hydrogen-bond donors (Lipinski definition) is 1. The van der Waals surface area contributed by atoms with Crippen molar-refractivity contribution in [2.45, 2.75) is 12.6 Å². The Kier molecular flexibility index (Phi) is 4.92. The monoisotopic (exact) mass is 315 g/mol. The van der Waals surface area contributed by atoms with E-state index in [9.17, 15) is 13.9 Å². The smallest absolute Gasteiger partial charge is 0.131 e. The molecule has 0 saturated carbocycles. The largest absolute Gasteiger partial charge is 0.387 e. The molecule has 0 radical (unpaired) electrons. The summed E-state index contributed by atoms with van der Waals surface area (Å²) in [4.78, 5) is 5.93. The van der Waals surface area contributed by atoms with Crippen LogP contribution in [0.3, 0.4) is 0 Å². The number of rotatable bonds is 5. The zero-order valence-electron chi connectivity index (χ0n) is 11.7. The van der Waals surface area contributed by atoms with Gasteiger partial charge in [0, 0.05) is 25.2 Å². The fourth-order valence-electron chi connectivity index (χ4n) is 2.04. The van der Waals surface area contributed by atoms with Gasteiger partial charge in [-0.15, -0.1) is 0 Å². The average molecular weight is 316 g/mol. The van der Waals surface area contributed by atoms with Crippen molar-refractivity contribution >= 4 is 11.6 Å². The Morgan fingerprint density at radius 1 is 1.43 bits per heavy atom. The molecular weight excluding hydrogens is 300 g/mol. The Bertz CT molecular complexity index is 633. The summed E-state index contributed by atoms with van der Waals surface area (Å²) < 4.78 is 28.2. The molecule has 1 atom stereocenters. The zero-order chi connectivity index (χ0) is 15.6. The molecule has 7 heteroatoms. The molecule has 0 aliphatic heterocycles. The number of benzene rings is 1. The lowest BCUT2D eigenvalue weighted by atomic mass is 10.1. The van der Waals surface area contributed by atoms with Crippen LogP contribution < -0.4 is 0 Å². The van der Waals surface area contributed by atoms with Gasteiger partial charge in [0.15, 0.2) is 0 Å². The van der Waals surface area contributed by atoms with E-state index in [1.54, 1.807) is 29.8 Å². The number of hydrogen-bond acceptors (Lipinski definition) is 3. The molecule has 1 heterocycles. The molecular formula is C14H16ClF2N3O. The maximum absolute atomic E-state index is 13.6. The van der Waals surface area contributed by atoms with Crippen LogP contribution in [0.1, 0.15) is 17.5 Å². The first-order chi connectivity index (χ1) is 9.88. The second-order valence-corrected chi connectivity index (χ2v) is 5.32. The standard InChI is InChI=1S/C14H16ClF2N3O/c1-19(8-14-18-6-13(15)20(14)2)7-12(21)10-4-3-9(16)5-11(10)17/h3-6,12,21H,7-8H2,1-2H3. The maximum atomic E-state index is 13.6. The van der Waals surface area contributed by atoms with Crippen LogP contribution in [-0.2, 0) is 13.6 Å². The van der Waals surface area contributed by atoms with Crippen LogP contribution in [0.4, 0.5) is 8.78 Å². The van der Waals surface area contributed by atoms with Gasteiger partial charge < -0.3 is 9.67 Å². The van der Waals surface area contributed by atoms with Gasteiger partial charge in [0.25, 0.3) is 0 Å². The SMILES string of the molecule is CN(Cc1ncc(Cl)n1C)CC(O)c1ccc(F)cc1F. The molecule has 0 aliphatic carbocycles. The van der Waals surface area contributed by atoms with Gasteiger partial charge in [-0.3, -0.25) is 4.90 Å². The van der Waals surface area contributed by atoms with E-state index < -0.39 is 17.7 Å². The summed E-state index contributed by atoms with van der Waals surface area (Å²) in [6.07, 6.45) is 0.493. The molecule has 0 fully saturated rings. The van der Waals surface area contributed by atoms with Gasteiger partial charge in [0.05, 0.1) is 18.8 Å². The number of nitrogens with zero attached hydrogens (tertiary/aromatic N) is 3. The molecule has 1 N–H and O–H groups in total. The van der Waals surface area contributed by atoms with Crippen LogP contribution in [0.5, 0.6) is 0 Å². The van der Waals surface area contributed by atoms with E-state index >= 15 is 0 Å². The minimum Gasteiger partial charge on any atom is -0.387 e. The Balaban J connectivity index is 2.01. The summed E-state index contributed by atoms with van der Waals surface area (Å²) in [5, 5.41) is 10.6. The minimum atomic E-state index is -1.05. The summed E-state index contributed by atoms with van der Waals surface area (Å²) in [6.45, 7) is 0.635. The van der Waals surface area contributed by atoms with E-state index in [1.807, 2.05) is 0 Å². The van der Waals surface area contributed by atoms with Gasteiger partial charge in [0.1, 0.15) is 22.6 Å². The van der Waals surface area contributed by atoms with Crippen LogP contribution in [-0.4, -0.2) is 33.1 Å². The maximum Gasteiger partial charge on any atom is 0.131 e. The summed E-state index contributed by atoms with van der Waals surface area (Å²) in [5.74, 6) is -0.690. The Morgan fingerprint density at radius 2 is 2.14 bits per heavy atom. The van der Waals surface area contributed by atoms with E-state index in [0.29, 0.717) is 11.7 Å². The number of aliphatic hydroxyl groups is 1. The molecule has 2 aromatic rings. The first-order valence-electron chi connectivity index (χ1n) is 6.36. The van der Waals surface area contributed by atoms with E-state index in [-0.39, 0.29) is 12.1 Å². The molecule has 0 saturated heterocycles. The highest BCUT2D eigenvalue weighted by Gasteiger charge is 2.17. The van der Waals surface area contributed by atoms with Gasteiger partial charge in [-0.05, 0) is 13.1 Å². The van der Waals surface area contributed by atoms with Crippen molar-refractivity contribution < 1.29 is 13.9 Å². The van der Waals surface area contributed by atoms with Crippen LogP contribution in [0.2, 0.25) is 5.15 Å². The molecule has 0 spiro atoms. The van der Waals surface area contributed by atoms with Crippen molar-refractivity contribution in [2.24, 2.45) is 7.05 Å². The fraction of sp³-hybridized carbons (Fsp3) is 0.357. The van der Waals surface area contributed by atoms with Gasteiger partial charge in [0.2, 0.25) is 0 Å². The Labute approximate surface area is 126 Å². The fourth-order valence-corrected chi connectivity index (χ4v) is 2.19. The van der Waals surface area contributed by atoms with Crippen molar-refractivity contribution in [1.29, 1.82) is 0 Å². The van der Waals surface area contributed by atoms with Gasteiger partial charge in [-0.1, -0.05) is 17.7 Å². The minimum absolute atomic E-state index is 0.0705. The molecule has 2 rings (SSSR count). The summed E-state index contributed by atoms with van der Waals surface area (Å²) in [7, 11) is 3.56. The number of likely N-dealkylation sites (N-methyl/N-ethyl adjacent to an activating group) is 1. The number of aromatic nitrogens is 2. The number of imidazole rings is 1. The van der Waals surface area contributed by atoms with Crippen LogP contribution in [0, 0.1) is 11.6 Å². The highest BCUT2D eigenvalue weighted by Crippen LogP contribution is 2.19. The number of aliphatic hydroxyl groups excluding tert-OH is 1. The van der Waals surface area contributed by atoms with Gasteiger partial charge in [-0.25, -0.2) is 13.8 Å². The predicted octanol–water partition coefficient (Wildman–Crippen LogP) is 2.52. The van der Waals surface area contributed by atoms with Crippen molar-refractivity contribution in [2.75, 3.05) is 13.6 Å². The molecule has 4 nitrogen and oxygen atoms in total. The van der Waals surface area contributed by atoms with Crippen molar-refractivity contribution in [3.05, 3.63) is 52.6 Å². The van der Waals surface area contributed by atoms with E-state index in [1.165, 1.54) is 6.07 Å². The van der Waals surface area contributed by atoms with E-state index in [0.717, 1.165) is 18.0 Å². The van der Waals surface area contributed by atoms with Crippen LogP contribution in [0.15, 0.2) is 24.4 Å². The molecule has 1 aromatic heterocycles. The molecule has 21 heavy (non-hydrogen) atoms. The number of halogens is 3. The summed E-state index contributed by atoms with van der Waals surface area (Å²) in [5.41, 5.74) is 0.0705. The molecule has 0 amide bonds. The quantitative estimate of drug-likeness (QED) is 0.922. The third-order valence-electron chi connectivity index (χ3n) is 3.25. The molecule has 0 bridgehead atoms. The highest BCUT2D eigenvalue weighted by atomic mass is 35.5. The lowest BCUT2D eigenvalue weighted by Crippen LogP contribution is -2.26. The Hall–Kier alpha value is -1.50. The molecule has 114 valence electrons. The lowest BCUT2D eigenvalue weighted by molar-refractivity contribution is 0.118. The van der Waals surface area contributed by atoms with Crippen LogP contribution >= 0.6 is 11.6 Å². The molecule has 1 unspecified atom stereocenters. The van der Waals surface area contributed by atoms with Gasteiger partial charge >= 0.3 is 0 Å². The third kappa shape index (κ3) is 3.78. The Morgan fingerprint density at radius 3 is 2.71 bits per heavy atom. The van der Waals surface area contributed by atoms with Crippen molar-refractivity contribution in [3.63, 3.8) is 0 Å². The molecule has 1 aromatic carbocycles. The van der Waals surface area contributed by atoms with Gasteiger partial charge in [-0.2, -0.15) is 0 Å². The normalized spacial score (nSPS) is 12.9. The summed E-state index contributed by atoms with van der Waals surface area (Å²) in [6, 6.07) is 3.14. The summed E-state index contributed by atoms with van der Waals surface area (Å²) >= 11 is 5.90. The molecule has 0 aliphatic rings. The van der Waals surface area contributed by atoms with Crippen molar-refractivity contribution in [1.82, 2.24) is 14.5 Å². The third-order valence-corrected chi connectivity index (χ3v) is 3.60. The predicted molar refractivity (Wildman–Crippen MR) is 75.9 cm³/mol. The first kappa shape index (κ1) is 15.9. The topological polar surface area (TPSA) is 41.3 Å². The highest BCUT2D eigenvalue weighted by molar-refractivity contribution is 6.29. The van der Waals surface area contributed by atoms with E-state index in [2.05, 4.69) is 4.98 Å². The van der Waals surface area contributed by atoms with E-state index in [4.69, 9.17) is 11.6 Å². The lowest BCUT2D eigenvalue weighted by Gasteiger charge is -2.21. The van der Waals surface area contributed by atoms with Crippen molar-refractivity contribution in [3.8, 4) is 0 Å². The zero-order valence-corrected chi connectivity index (χ0v) is 12.5. The van der Waals surface area contributed by atoms with Crippen LogP contribution in [0.25, 0.3) is 0 Å². The second-order valence-electron chi connectivity index (χ2n) is 4.93. The average Bonchev–Trinajstić information content (AvgIpc) is 2.70. The second kappa shape index (κ2) is 6.51. The first-order valence-corrected chi connectivity index (χ1v) is 6.74.